The Kier molecular flexibility index (Phi) is 6.21. The van der Waals surface area contributed by atoms with Crippen LogP contribution in [-0.4, -0.2) is 30.9 Å². The van der Waals surface area contributed by atoms with Crippen molar-refractivity contribution < 1.29 is 19.2 Å². The van der Waals surface area contributed by atoms with E-state index in [1.54, 1.807) is 24.3 Å². The Morgan fingerprint density at radius 2 is 1.00 bits per heavy atom. The molecule has 2 aliphatic rings. The van der Waals surface area contributed by atoms with Crippen molar-refractivity contribution in [1.82, 2.24) is 0 Å². The first-order valence-electron chi connectivity index (χ1n) is 12.0. The molecule has 3 aromatic rings. The fraction of sp³-hybridized carbons (Fsp3) is 0.133. The minimum absolute atomic E-state index is 0.154. The Labute approximate surface area is 216 Å². The van der Waals surface area contributed by atoms with Gasteiger partial charge in [0.05, 0.1) is 11.4 Å². The molecule has 0 bridgehead atoms. The van der Waals surface area contributed by atoms with Crippen molar-refractivity contribution in [2.24, 2.45) is 0 Å². The second-order valence-corrected chi connectivity index (χ2v) is 9.16. The summed E-state index contributed by atoms with van der Waals surface area (Å²) < 4.78 is 0. The molecule has 1 radical (unpaired) electrons. The van der Waals surface area contributed by atoms with E-state index in [4.69, 9.17) is 0 Å². The fourth-order valence-electron chi connectivity index (χ4n) is 4.98. The molecule has 6 nitrogen and oxygen atoms in total. The van der Waals surface area contributed by atoms with E-state index in [0.29, 0.717) is 11.4 Å². The van der Waals surface area contributed by atoms with Crippen LogP contribution in [0.2, 0.25) is 6.82 Å². The van der Waals surface area contributed by atoms with E-state index in [1.807, 2.05) is 31.1 Å². The van der Waals surface area contributed by atoms with Crippen LogP contribution in [0.25, 0.3) is 0 Å². The predicted molar refractivity (Wildman–Crippen MR) is 144 cm³/mol. The first kappa shape index (κ1) is 24.2. The summed E-state index contributed by atoms with van der Waals surface area (Å²) in [6.45, 7) is 6.18. The van der Waals surface area contributed by atoms with Gasteiger partial charge in [0.15, 0.2) is 0 Å². The van der Waals surface area contributed by atoms with Crippen LogP contribution in [0.15, 0.2) is 85.0 Å². The van der Waals surface area contributed by atoms with Crippen molar-refractivity contribution in [1.29, 1.82) is 0 Å². The highest BCUT2D eigenvalue weighted by atomic mass is 16.2. The number of anilines is 2. The number of benzene rings is 3. The van der Waals surface area contributed by atoms with E-state index < -0.39 is 0 Å². The number of amides is 4. The normalized spacial score (nSPS) is 15.0. The maximum absolute atomic E-state index is 12.1. The van der Waals surface area contributed by atoms with Crippen LogP contribution in [0.5, 0.6) is 0 Å². The van der Waals surface area contributed by atoms with Crippen LogP contribution in [0.3, 0.4) is 0 Å². The van der Waals surface area contributed by atoms with Gasteiger partial charge in [0.25, 0.3) is 23.6 Å². The molecule has 37 heavy (non-hydrogen) atoms. The Morgan fingerprint density at radius 1 is 0.595 bits per heavy atom. The first-order chi connectivity index (χ1) is 17.8. The number of imide groups is 2. The molecule has 0 atom stereocenters. The van der Waals surface area contributed by atoms with Crippen LogP contribution in [0, 0.1) is 13.8 Å². The topological polar surface area (TPSA) is 74.8 Å². The van der Waals surface area contributed by atoms with Gasteiger partial charge in [-0.15, -0.1) is 0 Å². The first-order valence-corrected chi connectivity index (χ1v) is 12.0. The smallest absolute Gasteiger partial charge is 0.258 e. The number of hydrogen-bond donors (Lipinski definition) is 0. The lowest BCUT2D eigenvalue weighted by Crippen LogP contribution is -2.29. The molecule has 0 saturated heterocycles. The standard InChI is InChI=1S/C30H24BN2O4/c1-18-17-25(31-3)19(2)16-24(18)30(20-4-8-22(9-5-20)32-26(34)12-13-27(32)35)21-6-10-23(11-7-21)33-28(36)14-15-29(33)37/h4-17,30H,1-3H3. The molecule has 181 valence electrons. The predicted octanol–water partition coefficient (Wildman–Crippen LogP) is 3.72. The highest BCUT2D eigenvalue weighted by molar-refractivity contribution is 6.52. The SMILES string of the molecule is C[B]c1cc(C)c(C(c2ccc(N3C(=O)C=CC3=O)cc2)c2ccc(N3C(=O)C=CC3=O)cc2)cc1C. The van der Waals surface area contributed by atoms with Crippen molar-refractivity contribution in [2.75, 3.05) is 9.80 Å². The van der Waals surface area contributed by atoms with Crippen molar-refractivity contribution in [3.63, 3.8) is 0 Å². The van der Waals surface area contributed by atoms with E-state index >= 15 is 0 Å². The van der Waals surface area contributed by atoms with Crippen LogP contribution >= 0.6 is 0 Å². The molecule has 3 aromatic carbocycles. The van der Waals surface area contributed by atoms with E-state index in [2.05, 4.69) is 33.3 Å². The minimum Gasteiger partial charge on any atom is -0.269 e. The summed E-state index contributed by atoms with van der Waals surface area (Å²) in [6, 6.07) is 19.2. The molecule has 7 heteroatoms. The van der Waals surface area contributed by atoms with E-state index in [-0.39, 0.29) is 29.5 Å². The lowest BCUT2D eigenvalue weighted by Gasteiger charge is -2.24. The van der Waals surface area contributed by atoms with E-state index in [1.165, 1.54) is 29.8 Å². The molecule has 2 aliphatic heterocycles. The molecule has 5 rings (SSSR count). The number of nitrogens with zero attached hydrogens (tertiary/aromatic N) is 2. The summed E-state index contributed by atoms with van der Waals surface area (Å²) in [5, 5.41) is 0. The number of aryl methyl sites for hydroxylation is 2. The molecule has 0 spiro atoms. The lowest BCUT2D eigenvalue weighted by atomic mass is 9.69. The van der Waals surface area contributed by atoms with Crippen LogP contribution < -0.4 is 15.3 Å². The quantitative estimate of drug-likeness (QED) is 0.302. The summed E-state index contributed by atoms with van der Waals surface area (Å²) in [7, 11) is 2.08. The Hall–Kier alpha value is -4.52. The van der Waals surface area contributed by atoms with Gasteiger partial charge in [-0.2, -0.15) is 0 Å². The zero-order chi connectivity index (χ0) is 26.3. The van der Waals surface area contributed by atoms with Gasteiger partial charge >= 0.3 is 0 Å². The van der Waals surface area contributed by atoms with Crippen LogP contribution in [0.4, 0.5) is 11.4 Å². The number of rotatable bonds is 6. The highest BCUT2D eigenvalue weighted by Gasteiger charge is 2.27. The fourth-order valence-corrected chi connectivity index (χ4v) is 4.98. The Bertz CT molecular complexity index is 1380. The Balaban J connectivity index is 1.57. The summed E-state index contributed by atoms with van der Waals surface area (Å²) in [6.07, 6.45) is 5.07. The summed E-state index contributed by atoms with van der Waals surface area (Å²) in [4.78, 5) is 50.8. The summed E-state index contributed by atoms with van der Waals surface area (Å²) in [5.74, 6) is -1.59. The maximum atomic E-state index is 12.1. The average Bonchev–Trinajstić information content (AvgIpc) is 3.41. The average molecular weight is 487 g/mol. The molecule has 0 unspecified atom stereocenters. The molecular formula is C30H24BN2O4. The van der Waals surface area contributed by atoms with Crippen molar-refractivity contribution in [3.05, 3.63) is 113 Å². The van der Waals surface area contributed by atoms with Gasteiger partial charge < -0.3 is 0 Å². The van der Waals surface area contributed by atoms with Gasteiger partial charge in [0, 0.05) is 30.2 Å². The van der Waals surface area contributed by atoms with Gasteiger partial charge in [-0.1, -0.05) is 54.2 Å². The van der Waals surface area contributed by atoms with Crippen molar-refractivity contribution in [3.8, 4) is 0 Å². The molecule has 4 amide bonds. The zero-order valence-electron chi connectivity index (χ0n) is 20.8. The van der Waals surface area contributed by atoms with Gasteiger partial charge in [-0.3, -0.25) is 19.2 Å². The van der Waals surface area contributed by atoms with Gasteiger partial charge in [-0.25, -0.2) is 9.80 Å². The molecule has 0 N–H and O–H groups in total. The van der Waals surface area contributed by atoms with Crippen LogP contribution in [-0.2, 0) is 19.2 Å². The molecule has 2 heterocycles. The second kappa shape index (κ2) is 9.50. The molecule has 0 aromatic heterocycles. The Morgan fingerprint density at radius 3 is 1.38 bits per heavy atom. The summed E-state index contributed by atoms with van der Waals surface area (Å²) >= 11 is 0. The van der Waals surface area contributed by atoms with Crippen LogP contribution in [0.1, 0.15) is 33.7 Å². The van der Waals surface area contributed by atoms with E-state index in [0.717, 1.165) is 37.6 Å². The largest absolute Gasteiger partial charge is 0.269 e. The number of hydrogen-bond acceptors (Lipinski definition) is 4. The molecular weight excluding hydrogens is 463 g/mol. The highest BCUT2D eigenvalue weighted by Crippen LogP contribution is 2.36. The van der Waals surface area contributed by atoms with Gasteiger partial charge in [0.2, 0.25) is 0 Å². The lowest BCUT2D eigenvalue weighted by molar-refractivity contribution is -0.121. The van der Waals surface area contributed by atoms with Crippen molar-refractivity contribution in [2.45, 2.75) is 26.6 Å². The third-order valence-corrected chi connectivity index (χ3v) is 6.86. The monoisotopic (exact) mass is 487 g/mol. The number of carbonyl (C=O) groups is 4. The molecule has 0 aliphatic carbocycles. The van der Waals surface area contributed by atoms with Gasteiger partial charge in [-0.05, 0) is 60.4 Å². The second-order valence-electron chi connectivity index (χ2n) is 9.16. The maximum Gasteiger partial charge on any atom is 0.258 e. The van der Waals surface area contributed by atoms with Crippen molar-refractivity contribution >= 4 is 47.7 Å². The third-order valence-electron chi connectivity index (χ3n) is 6.86. The minimum atomic E-state index is -0.358. The summed E-state index contributed by atoms with van der Waals surface area (Å²) in [5.41, 5.74) is 7.56. The van der Waals surface area contributed by atoms with Gasteiger partial charge in [0.1, 0.15) is 7.28 Å². The number of carbonyl (C=O) groups excluding carboxylic acids is 4. The third kappa shape index (κ3) is 4.33. The zero-order valence-corrected chi connectivity index (χ0v) is 20.8. The van der Waals surface area contributed by atoms with E-state index in [9.17, 15) is 19.2 Å². The molecule has 0 saturated carbocycles. The molecule has 0 fully saturated rings.